The molecule has 0 aromatic heterocycles. The normalized spacial score (nSPS) is 25.2. The molecule has 0 radical (unpaired) electrons. The molecule has 8 unspecified atom stereocenters. The summed E-state index contributed by atoms with van der Waals surface area (Å²) >= 11 is 0. The summed E-state index contributed by atoms with van der Waals surface area (Å²) in [6.07, 6.45) is -16.2. The lowest BCUT2D eigenvalue weighted by atomic mass is 9.82. The van der Waals surface area contributed by atoms with E-state index < -0.39 is 211 Å². The number of benzene rings is 4. The third kappa shape index (κ3) is 7.44. The lowest BCUT2D eigenvalue weighted by Crippen LogP contribution is -2.62. The molecule has 0 amide bonds. The number of cyclic esters (lactones) is 1. The molecule has 14 N–H and O–H groups in total. The van der Waals surface area contributed by atoms with Gasteiger partial charge in [-0.25, -0.2) is 28.8 Å². The number of hydrogen-bond acceptors (Lipinski definition) is 28. The first-order chi connectivity index (χ1) is 32.3. The first-order valence-electron chi connectivity index (χ1n) is 19.3. The number of ether oxygens (including phenoxy) is 7. The summed E-state index contributed by atoms with van der Waals surface area (Å²) in [5.41, 5.74) is -7.57. The number of ketones is 1. The van der Waals surface area contributed by atoms with E-state index in [0.29, 0.717) is 30.3 Å². The molecule has 362 valence electrons. The van der Waals surface area contributed by atoms with Crippen LogP contribution in [0.15, 0.2) is 30.3 Å². The lowest BCUT2D eigenvalue weighted by Gasteiger charge is -2.42. The molecule has 8 atom stereocenters. The first kappa shape index (κ1) is 46.4. The summed E-state index contributed by atoms with van der Waals surface area (Å²) < 4.78 is 37.1. The van der Waals surface area contributed by atoms with Crippen LogP contribution >= 0.6 is 0 Å². The summed E-state index contributed by atoms with van der Waals surface area (Å²) in [6, 6.07) is 2.19. The molecule has 69 heavy (non-hydrogen) atoms. The molecule has 4 aliphatic rings. The zero-order valence-electron chi connectivity index (χ0n) is 33.8. The van der Waals surface area contributed by atoms with Gasteiger partial charge in [-0.2, -0.15) is 0 Å². The largest absolute Gasteiger partial charge is 0.504 e. The molecule has 3 fully saturated rings. The minimum Gasteiger partial charge on any atom is -0.504 e. The number of phenols is 12. The Labute approximate surface area is 379 Å². The minimum absolute atomic E-state index is 0.318. The van der Waals surface area contributed by atoms with Crippen LogP contribution in [0.2, 0.25) is 0 Å². The van der Waals surface area contributed by atoms with Crippen LogP contribution in [0.5, 0.6) is 69.0 Å². The summed E-state index contributed by atoms with van der Waals surface area (Å²) in [6.45, 7) is -1.23. The molecule has 3 saturated heterocycles. The highest BCUT2D eigenvalue weighted by molar-refractivity contribution is 6.34. The van der Waals surface area contributed by atoms with Crippen LogP contribution in [0.25, 0.3) is 11.1 Å². The molecule has 0 saturated carbocycles. The molecular formula is C41H30O28. The van der Waals surface area contributed by atoms with E-state index in [1.165, 1.54) is 0 Å². The molecule has 4 heterocycles. The van der Waals surface area contributed by atoms with E-state index in [2.05, 4.69) is 0 Å². The lowest BCUT2D eigenvalue weighted by molar-refractivity contribution is -0.283. The maximum absolute atomic E-state index is 14.5. The van der Waals surface area contributed by atoms with Crippen molar-refractivity contribution in [2.45, 2.75) is 54.9 Å². The van der Waals surface area contributed by atoms with E-state index in [1.54, 1.807) is 0 Å². The summed E-state index contributed by atoms with van der Waals surface area (Å²) in [4.78, 5) is 94.0. The van der Waals surface area contributed by atoms with Crippen molar-refractivity contribution in [3.63, 3.8) is 0 Å². The maximum atomic E-state index is 14.5. The number of aliphatic hydroxyl groups is 2. The molecule has 28 nitrogen and oxygen atoms in total. The number of hydrogen-bond donors (Lipinski definition) is 14. The van der Waals surface area contributed by atoms with Crippen molar-refractivity contribution in [2.24, 2.45) is 0 Å². The van der Waals surface area contributed by atoms with E-state index in [4.69, 9.17) is 33.2 Å². The molecule has 4 aromatic rings. The molecule has 4 aromatic carbocycles. The van der Waals surface area contributed by atoms with Gasteiger partial charge in [-0.15, -0.1) is 0 Å². The van der Waals surface area contributed by atoms with E-state index in [1.807, 2.05) is 0 Å². The Morgan fingerprint density at radius 2 is 1.14 bits per heavy atom. The standard InChI is InChI=1S/C41H30O28/c42-12-1-8(2-13(43)23(12)48)34(56)68-40-33(67-37(59)11-5-16(46)26(51)30(55)21(11)22-31-39(61)69-41(22,62)6-17(47)38(60)65-31)32-27(52)18(64-40)7-63-35(57)9-3-14(44)24(49)28(53)19(9)20-10(36(58)66-32)4-15(45)25(50)29(20)54/h1-5,18,22,27,31-33,40,42-46,48-55,62H,6-7H2. The average Bonchev–Trinajstić information content (AvgIpc) is 3.47. The van der Waals surface area contributed by atoms with Crippen molar-refractivity contribution in [3.8, 4) is 80.1 Å². The topological polar surface area (TPSA) is 467 Å². The summed E-state index contributed by atoms with van der Waals surface area (Å²) in [5.74, 6) is -33.4. The Kier molecular flexibility index (Phi) is 11.0. The van der Waals surface area contributed by atoms with Crippen molar-refractivity contribution in [1.82, 2.24) is 0 Å². The fourth-order valence-electron chi connectivity index (χ4n) is 7.94. The van der Waals surface area contributed by atoms with Gasteiger partial charge in [0.15, 0.2) is 57.8 Å². The van der Waals surface area contributed by atoms with Crippen LogP contribution in [0.1, 0.15) is 59.3 Å². The van der Waals surface area contributed by atoms with Gasteiger partial charge in [-0.1, -0.05) is 0 Å². The van der Waals surface area contributed by atoms with Gasteiger partial charge in [-0.3, -0.25) is 4.79 Å². The van der Waals surface area contributed by atoms with Crippen molar-refractivity contribution in [3.05, 3.63) is 58.1 Å². The van der Waals surface area contributed by atoms with Crippen molar-refractivity contribution in [1.29, 1.82) is 0 Å². The van der Waals surface area contributed by atoms with E-state index in [0.717, 1.165) is 0 Å². The highest BCUT2D eigenvalue weighted by Gasteiger charge is 2.64. The third-order valence-corrected chi connectivity index (χ3v) is 11.2. The second-order valence-electron chi connectivity index (χ2n) is 15.4. The summed E-state index contributed by atoms with van der Waals surface area (Å²) in [7, 11) is 0. The number of esters is 6. The second-order valence-corrected chi connectivity index (χ2v) is 15.4. The number of carbonyl (C=O) groups is 7. The number of aromatic hydroxyl groups is 12. The fourth-order valence-corrected chi connectivity index (χ4v) is 7.94. The van der Waals surface area contributed by atoms with Gasteiger partial charge in [0.05, 0.1) is 28.7 Å². The molecule has 8 rings (SSSR count). The van der Waals surface area contributed by atoms with E-state index in [9.17, 15) is 105 Å². The van der Waals surface area contributed by atoms with Crippen LogP contribution in [0, 0.1) is 0 Å². The van der Waals surface area contributed by atoms with Crippen molar-refractivity contribution >= 4 is 41.6 Å². The number of phenolic OH excluding ortho intramolecular Hbond substituents is 12. The number of carbonyl (C=O) groups excluding carboxylic acids is 7. The van der Waals surface area contributed by atoms with Gasteiger partial charge < -0.3 is 105 Å². The van der Waals surface area contributed by atoms with Gasteiger partial charge in [0.2, 0.25) is 47.3 Å². The Hall–Kier alpha value is -9.15. The van der Waals surface area contributed by atoms with Gasteiger partial charge in [0, 0.05) is 16.7 Å². The molecule has 0 aliphatic carbocycles. The van der Waals surface area contributed by atoms with Crippen LogP contribution in [0.4, 0.5) is 0 Å². The average molecular weight is 971 g/mol. The maximum Gasteiger partial charge on any atom is 0.375 e. The summed E-state index contributed by atoms with van der Waals surface area (Å²) in [5, 5.41) is 149. The van der Waals surface area contributed by atoms with Crippen molar-refractivity contribution in [2.75, 3.05) is 6.61 Å². The third-order valence-electron chi connectivity index (χ3n) is 11.2. The predicted molar refractivity (Wildman–Crippen MR) is 207 cm³/mol. The van der Waals surface area contributed by atoms with E-state index >= 15 is 0 Å². The van der Waals surface area contributed by atoms with Gasteiger partial charge >= 0.3 is 35.8 Å². The first-order valence-corrected chi connectivity index (χ1v) is 19.3. The minimum atomic E-state index is -3.15. The quantitative estimate of drug-likeness (QED) is 0.0488. The zero-order chi connectivity index (χ0) is 50.5. The molecule has 4 bridgehead atoms. The van der Waals surface area contributed by atoms with Crippen LogP contribution < -0.4 is 0 Å². The molecule has 0 spiro atoms. The van der Waals surface area contributed by atoms with Gasteiger partial charge in [-0.05, 0) is 30.3 Å². The number of rotatable bonds is 5. The zero-order valence-corrected chi connectivity index (χ0v) is 33.8. The smallest absolute Gasteiger partial charge is 0.375 e. The Morgan fingerprint density at radius 1 is 0.609 bits per heavy atom. The van der Waals surface area contributed by atoms with E-state index in [-0.39, 0.29) is 0 Å². The Balaban J connectivity index is 1.30. The predicted octanol–water partition coefficient (Wildman–Crippen LogP) is -1.10. The van der Waals surface area contributed by atoms with Crippen LogP contribution in [-0.4, -0.2) is 162 Å². The SMILES string of the molecule is O=C1CC2(O)OC(=O)C(OC1=O)C2c1c(C(=O)OC2C(OC(=O)c3cc(O)c(O)c(O)c3)OC3COC(=O)c4cc(O)c(O)c(O)c4-c4c(cc(O)c(O)c4O)C(=O)OC2C3O)cc(O)c(O)c1O. The molecule has 4 aliphatic heterocycles. The fraction of sp³-hybridized carbons (Fsp3) is 0.244. The van der Waals surface area contributed by atoms with Crippen LogP contribution in [-0.2, 0) is 47.5 Å². The second kappa shape index (κ2) is 16.3. The number of fused-ring (bicyclic) bond motifs is 7. The van der Waals surface area contributed by atoms with Gasteiger partial charge in [0.1, 0.15) is 24.7 Å². The number of Topliss-reactive ketones (excluding diaryl/α,β-unsaturated/α-hetero) is 1. The van der Waals surface area contributed by atoms with Crippen molar-refractivity contribution < 1.29 is 138 Å². The van der Waals surface area contributed by atoms with Crippen LogP contribution in [0.3, 0.4) is 0 Å². The highest BCUT2D eigenvalue weighted by Crippen LogP contribution is 2.55. The molecule has 28 heteroatoms. The monoisotopic (exact) mass is 970 g/mol. The Bertz CT molecular complexity index is 2950. The molecular weight excluding hydrogens is 940 g/mol. The van der Waals surface area contributed by atoms with Gasteiger partial charge in [0.25, 0.3) is 0 Å². The Morgan fingerprint density at radius 3 is 1.74 bits per heavy atom. The number of aliphatic hydroxyl groups excluding tert-OH is 1. The highest BCUT2D eigenvalue weighted by atomic mass is 16.7.